The molecule has 0 saturated heterocycles. The lowest BCUT2D eigenvalue weighted by atomic mass is 10.0. The van der Waals surface area contributed by atoms with Crippen LogP contribution in [0.5, 0.6) is 17.2 Å². The van der Waals surface area contributed by atoms with Gasteiger partial charge in [0.1, 0.15) is 17.2 Å². The van der Waals surface area contributed by atoms with Crippen molar-refractivity contribution in [3.8, 4) is 17.2 Å². The van der Waals surface area contributed by atoms with Crippen molar-refractivity contribution in [1.29, 1.82) is 0 Å². The van der Waals surface area contributed by atoms with Gasteiger partial charge in [-0.25, -0.2) is 10.4 Å². The molecule has 34 heavy (non-hydrogen) atoms. The van der Waals surface area contributed by atoms with Crippen LogP contribution in [0.2, 0.25) is 0 Å². The number of ether oxygens (including phenoxy) is 3. The van der Waals surface area contributed by atoms with Gasteiger partial charge in [-0.2, -0.15) is 5.10 Å². The average Bonchev–Trinajstić information content (AvgIpc) is 3.17. The fourth-order valence-corrected chi connectivity index (χ4v) is 4.49. The predicted octanol–water partition coefficient (Wildman–Crippen LogP) is 4.38. The molecule has 0 atom stereocenters. The number of carbonyl (C=O) groups is 1. The molecule has 1 aromatic heterocycles. The smallest absolute Gasteiger partial charge is 0.250 e. The lowest BCUT2D eigenvalue weighted by Gasteiger charge is -2.11. The molecular formula is C25H26N4O4S. The van der Waals surface area contributed by atoms with Gasteiger partial charge in [0.05, 0.1) is 43.8 Å². The molecule has 1 heterocycles. The van der Waals surface area contributed by atoms with Crippen LogP contribution in [0.15, 0.2) is 58.8 Å². The zero-order valence-electron chi connectivity index (χ0n) is 19.5. The number of hydrogen-bond donors (Lipinski definition) is 1. The van der Waals surface area contributed by atoms with Crippen LogP contribution in [0.1, 0.15) is 12.5 Å². The second-order valence-corrected chi connectivity index (χ2v) is 8.30. The van der Waals surface area contributed by atoms with Crippen molar-refractivity contribution < 1.29 is 19.0 Å². The summed E-state index contributed by atoms with van der Waals surface area (Å²) in [4.78, 5) is 17.0. The molecule has 4 aromatic rings. The van der Waals surface area contributed by atoms with E-state index in [0.717, 1.165) is 44.0 Å². The van der Waals surface area contributed by atoms with Gasteiger partial charge in [-0.05, 0) is 37.3 Å². The molecule has 1 N–H and O–H groups in total. The summed E-state index contributed by atoms with van der Waals surface area (Å²) < 4.78 is 18.5. The number of fused-ring (bicyclic) bond motifs is 2. The minimum atomic E-state index is -0.229. The molecule has 9 heteroatoms. The van der Waals surface area contributed by atoms with E-state index in [2.05, 4.69) is 15.5 Å². The van der Waals surface area contributed by atoms with E-state index in [4.69, 9.17) is 14.2 Å². The first-order chi connectivity index (χ1) is 16.5. The monoisotopic (exact) mass is 478 g/mol. The third kappa shape index (κ3) is 4.79. The Morgan fingerprint density at radius 3 is 2.74 bits per heavy atom. The van der Waals surface area contributed by atoms with Crippen molar-refractivity contribution >= 4 is 45.7 Å². The van der Waals surface area contributed by atoms with E-state index in [-0.39, 0.29) is 11.7 Å². The average molecular weight is 479 g/mol. The molecule has 0 aliphatic rings. The largest absolute Gasteiger partial charge is 0.496 e. The third-order valence-corrected chi connectivity index (χ3v) is 6.31. The van der Waals surface area contributed by atoms with E-state index in [1.165, 1.54) is 11.8 Å². The molecule has 0 aliphatic carbocycles. The number of nitrogens with one attached hydrogen (secondary N) is 1. The minimum absolute atomic E-state index is 0.180. The van der Waals surface area contributed by atoms with Gasteiger partial charge in [0.2, 0.25) is 0 Å². The van der Waals surface area contributed by atoms with Gasteiger partial charge in [-0.1, -0.05) is 23.9 Å². The third-order valence-electron chi connectivity index (χ3n) is 5.28. The summed E-state index contributed by atoms with van der Waals surface area (Å²) in [6.45, 7) is 2.54. The molecule has 0 bridgehead atoms. The molecule has 8 nitrogen and oxygen atoms in total. The highest BCUT2D eigenvalue weighted by Crippen LogP contribution is 2.34. The first-order valence-corrected chi connectivity index (χ1v) is 11.7. The summed E-state index contributed by atoms with van der Waals surface area (Å²) in [5.41, 5.74) is 5.20. The Morgan fingerprint density at radius 2 is 1.97 bits per heavy atom. The second kappa shape index (κ2) is 10.5. The lowest BCUT2D eigenvalue weighted by Crippen LogP contribution is -2.19. The number of imidazole rings is 1. The highest BCUT2D eigenvalue weighted by atomic mass is 32.2. The van der Waals surface area contributed by atoms with Crippen LogP contribution >= 0.6 is 11.8 Å². The number of amides is 1. The summed E-state index contributed by atoms with van der Waals surface area (Å²) in [5.74, 6) is 2.17. The number of thioether (sulfide) groups is 1. The van der Waals surface area contributed by atoms with E-state index < -0.39 is 0 Å². The van der Waals surface area contributed by atoms with Gasteiger partial charge in [0.25, 0.3) is 5.91 Å². The number of aromatic nitrogens is 2. The topological polar surface area (TPSA) is 87.0 Å². The number of nitrogens with zero attached hydrogens (tertiary/aromatic N) is 3. The Morgan fingerprint density at radius 1 is 1.15 bits per heavy atom. The SMILES string of the molecule is CCOc1ccc2c(c1)nc(SCC(=O)N/N=C\c1ccc(OC)c3cccc(OC)c13)n2C. The molecule has 1 amide bonds. The van der Waals surface area contributed by atoms with Crippen molar-refractivity contribution in [2.45, 2.75) is 12.1 Å². The molecule has 0 saturated carbocycles. The highest BCUT2D eigenvalue weighted by molar-refractivity contribution is 7.99. The van der Waals surface area contributed by atoms with Crippen molar-refractivity contribution in [1.82, 2.24) is 15.0 Å². The highest BCUT2D eigenvalue weighted by Gasteiger charge is 2.12. The van der Waals surface area contributed by atoms with Gasteiger partial charge in [0, 0.05) is 29.4 Å². The molecule has 3 aromatic carbocycles. The van der Waals surface area contributed by atoms with Gasteiger partial charge < -0.3 is 18.8 Å². The molecule has 0 unspecified atom stereocenters. The Hall–Kier alpha value is -3.72. The van der Waals surface area contributed by atoms with E-state index in [0.29, 0.717) is 12.4 Å². The molecule has 4 rings (SSSR count). The summed E-state index contributed by atoms with van der Waals surface area (Å²) >= 11 is 1.35. The number of aryl methyl sites for hydroxylation is 1. The molecule has 0 spiro atoms. The normalized spacial score (nSPS) is 11.3. The Bertz CT molecular complexity index is 1370. The van der Waals surface area contributed by atoms with Gasteiger partial charge >= 0.3 is 0 Å². The van der Waals surface area contributed by atoms with Crippen LogP contribution in [0, 0.1) is 0 Å². The number of carbonyl (C=O) groups excluding carboxylic acids is 1. The van der Waals surface area contributed by atoms with Crippen molar-refractivity contribution in [3.63, 3.8) is 0 Å². The Labute approximate surface area is 201 Å². The standard InChI is InChI=1S/C25H26N4O4S/c1-5-33-17-10-11-20-19(13-17)27-25(29(20)2)34-15-23(30)28-26-14-16-9-12-21(31-3)18-7-6-8-22(32-4)24(16)18/h6-14H,5,15H2,1-4H3,(H,28,30)/b26-14-. The number of hydrogen-bond acceptors (Lipinski definition) is 7. The first kappa shape index (κ1) is 23.4. The quantitative estimate of drug-likeness (QED) is 0.218. The molecular weight excluding hydrogens is 452 g/mol. The van der Waals surface area contributed by atoms with Gasteiger partial charge in [-0.3, -0.25) is 4.79 Å². The van der Waals surface area contributed by atoms with E-state index in [9.17, 15) is 4.79 Å². The van der Waals surface area contributed by atoms with Crippen molar-refractivity contribution in [2.75, 3.05) is 26.6 Å². The number of methoxy groups -OCH3 is 2. The molecule has 176 valence electrons. The second-order valence-electron chi connectivity index (χ2n) is 7.36. The zero-order valence-corrected chi connectivity index (χ0v) is 20.3. The molecule has 0 aliphatic heterocycles. The van der Waals surface area contributed by atoms with Crippen molar-refractivity contribution in [3.05, 3.63) is 54.1 Å². The maximum atomic E-state index is 12.4. The Kier molecular flexibility index (Phi) is 7.22. The summed E-state index contributed by atoms with van der Waals surface area (Å²) in [6, 6.07) is 15.3. The van der Waals surface area contributed by atoms with Gasteiger partial charge in [0.15, 0.2) is 5.16 Å². The fourth-order valence-electron chi connectivity index (χ4n) is 3.71. The van der Waals surface area contributed by atoms with Crippen LogP contribution in [0.4, 0.5) is 0 Å². The summed E-state index contributed by atoms with van der Waals surface area (Å²) in [6.07, 6.45) is 1.61. The Balaban J connectivity index is 1.44. The maximum absolute atomic E-state index is 12.4. The minimum Gasteiger partial charge on any atom is -0.496 e. The summed E-state index contributed by atoms with van der Waals surface area (Å²) in [5, 5.41) is 6.67. The van der Waals surface area contributed by atoms with Crippen molar-refractivity contribution in [2.24, 2.45) is 12.1 Å². The van der Waals surface area contributed by atoms with Gasteiger partial charge in [-0.15, -0.1) is 0 Å². The van der Waals surface area contributed by atoms with E-state index >= 15 is 0 Å². The molecule has 0 radical (unpaired) electrons. The van der Waals surface area contributed by atoms with Crippen LogP contribution in [0.3, 0.4) is 0 Å². The number of hydrazone groups is 1. The van der Waals surface area contributed by atoms with Crippen LogP contribution in [-0.4, -0.2) is 48.3 Å². The van der Waals surface area contributed by atoms with Crippen LogP contribution < -0.4 is 19.6 Å². The van der Waals surface area contributed by atoms with E-state index in [1.54, 1.807) is 20.4 Å². The first-order valence-electron chi connectivity index (χ1n) is 10.7. The number of rotatable bonds is 9. The zero-order chi connectivity index (χ0) is 24.1. The maximum Gasteiger partial charge on any atom is 0.250 e. The summed E-state index contributed by atoms with van der Waals surface area (Å²) in [7, 11) is 5.17. The van der Waals surface area contributed by atoms with Crippen LogP contribution in [-0.2, 0) is 11.8 Å². The fraction of sp³-hybridized carbons (Fsp3) is 0.240. The van der Waals surface area contributed by atoms with Crippen LogP contribution in [0.25, 0.3) is 21.8 Å². The lowest BCUT2D eigenvalue weighted by molar-refractivity contribution is -0.118. The number of benzene rings is 3. The molecule has 0 fully saturated rings. The predicted molar refractivity (Wildman–Crippen MR) is 135 cm³/mol. The van der Waals surface area contributed by atoms with E-state index in [1.807, 2.05) is 67.1 Å².